The van der Waals surface area contributed by atoms with Crippen LogP contribution in [0.2, 0.25) is 5.02 Å². The molecule has 2 aromatic rings. The van der Waals surface area contributed by atoms with Gasteiger partial charge >= 0.3 is 6.09 Å². The van der Waals surface area contributed by atoms with Crippen molar-refractivity contribution in [1.82, 2.24) is 4.90 Å². The zero-order valence-electron chi connectivity index (χ0n) is 14.4. The molecule has 1 aliphatic rings. The smallest absolute Gasteiger partial charge is 0.411 e. The second-order valence-electron chi connectivity index (χ2n) is 6.38. The summed E-state index contributed by atoms with van der Waals surface area (Å²) in [4.78, 5) is 14.5. The summed E-state index contributed by atoms with van der Waals surface area (Å²) < 4.78 is 5.37. The summed E-state index contributed by atoms with van der Waals surface area (Å²) in [6, 6.07) is 15.7. The van der Waals surface area contributed by atoms with Gasteiger partial charge in [-0.05, 0) is 56.6 Å². The van der Waals surface area contributed by atoms with Crippen molar-refractivity contribution in [2.24, 2.45) is 0 Å². The Morgan fingerprint density at radius 1 is 1.24 bits per heavy atom. The maximum atomic E-state index is 12.1. The maximum absolute atomic E-state index is 12.1. The highest BCUT2D eigenvalue weighted by molar-refractivity contribution is 6.30. The predicted molar refractivity (Wildman–Crippen MR) is 102 cm³/mol. The fourth-order valence-electron chi connectivity index (χ4n) is 3.25. The van der Waals surface area contributed by atoms with Gasteiger partial charge in [0.05, 0.1) is 12.3 Å². The molecule has 0 spiro atoms. The molecule has 1 amide bonds. The number of nitrogens with one attached hydrogen (secondary N) is 1. The molecule has 4 nitrogen and oxygen atoms in total. The zero-order valence-corrected chi connectivity index (χ0v) is 15.1. The van der Waals surface area contributed by atoms with Crippen molar-refractivity contribution >= 4 is 23.4 Å². The standard InChI is InChI=1S/C20H23ClN2O2/c1-23-13-4-5-17(23)12-14-25-20(24)22-19-7-3-2-6-18(19)15-8-10-16(21)11-9-15/h2-3,6-11,17H,4-5,12-14H2,1H3,(H,22,24). The molecule has 2 aromatic carbocycles. The van der Waals surface area contributed by atoms with E-state index in [4.69, 9.17) is 16.3 Å². The fourth-order valence-corrected chi connectivity index (χ4v) is 3.38. The van der Waals surface area contributed by atoms with E-state index in [0.717, 1.165) is 29.8 Å². The van der Waals surface area contributed by atoms with Crippen LogP contribution in [0.25, 0.3) is 11.1 Å². The van der Waals surface area contributed by atoms with E-state index in [0.29, 0.717) is 17.7 Å². The van der Waals surface area contributed by atoms with E-state index in [1.54, 1.807) is 0 Å². The van der Waals surface area contributed by atoms with Gasteiger partial charge in [-0.2, -0.15) is 0 Å². The summed E-state index contributed by atoms with van der Waals surface area (Å²) in [5, 5.41) is 3.54. The molecule has 0 saturated carbocycles. The van der Waals surface area contributed by atoms with Crippen LogP contribution in [0.3, 0.4) is 0 Å². The van der Waals surface area contributed by atoms with Crippen molar-refractivity contribution in [2.45, 2.75) is 25.3 Å². The first kappa shape index (κ1) is 17.8. The Kier molecular flexibility index (Phi) is 5.95. The van der Waals surface area contributed by atoms with Gasteiger partial charge in [0.25, 0.3) is 0 Å². The number of carbonyl (C=O) groups is 1. The number of para-hydroxylation sites is 1. The number of carbonyl (C=O) groups excluding carboxylic acids is 1. The molecular formula is C20H23ClN2O2. The van der Waals surface area contributed by atoms with Gasteiger partial charge < -0.3 is 9.64 Å². The van der Waals surface area contributed by atoms with Crippen LogP contribution < -0.4 is 5.32 Å². The number of rotatable bonds is 5. The van der Waals surface area contributed by atoms with Crippen LogP contribution in [-0.4, -0.2) is 37.2 Å². The third-order valence-electron chi connectivity index (χ3n) is 4.67. The minimum atomic E-state index is -0.415. The Morgan fingerprint density at radius 2 is 2.00 bits per heavy atom. The third kappa shape index (κ3) is 4.74. The van der Waals surface area contributed by atoms with E-state index in [2.05, 4.69) is 17.3 Å². The molecule has 1 fully saturated rings. The van der Waals surface area contributed by atoms with E-state index in [9.17, 15) is 4.79 Å². The molecule has 0 bridgehead atoms. The second kappa shape index (κ2) is 8.37. The van der Waals surface area contributed by atoms with Crippen molar-refractivity contribution in [3.05, 3.63) is 53.6 Å². The number of likely N-dealkylation sites (tertiary alicyclic amines) is 1. The normalized spacial score (nSPS) is 17.4. The van der Waals surface area contributed by atoms with Crippen LogP contribution in [0.15, 0.2) is 48.5 Å². The molecule has 0 aromatic heterocycles. The number of halogens is 1. The monoisotopic (exact) mass is 358 g/mol. The van der Waals surface area contributed by atoms with Crippen LogP contribution in [0.1, 0.15) is 19.3 Å². The Morgan fingerprint density at radius 3 is 2.72 bits per heavy atom. The highest BCUT2D eigenvalue weighted by Gasteiger charge is 2.20. The molecule has 0 aliphatic carbocycles. The largest absolute Gasteiger partial charge is 0.449 e. The number of ether oxygens (including phenoxy) is 1. The number of hydrogen-bond donors (Lipinski definition) is 1. The van der Waals surface area contributed by atoms with Crippen LogP contribution in [0, 0.1) is 0 Å². The van der Waals surface area contributed by atoms with Gasteiger partial charge in [0.1, 0.15) is 0 Å². The quantitative estimate of drug-likeness (QED) is 0.814. The summed E-state index contributed by atoms with van der Waals surface area (Å²) in [6.45, 7) is 1.56. The molecule has 1 N–H and O–H groups in total. The molecule has 1 atom stereocenters. The number of hydrogen-bond acceptors (Lipinski definition) is 3. The molecule has 1 unspecified atom stereocenters. The van der Waals surface area contributed by atoms with Gasteiger partial charge in [-0.1, -0.05) is 41.9 Å². The number of anilines is 1. The minimum absolute atomic E-state index is 0.415. The predicted octanol–water partition coefficient (Wildman–Crippen LogP) is 5.04. The van der Waals surface area contributed by atoms with Gasteiger partial charge in [0, 0.05) is 16.6 Å². The first-order valence-corrected chi connectivity index (χ1v) is 9.00. The fraction of sp³-hybridized carbons (Fsp3) is 0.350. The third-order valence-corrected chi connectivity index (χ3v) is 4.93. The van der Waals surface area contributed by atoms with E-state index in [1.807, 2.05) is 48.5 Å². The summed E-state index contributed by atoms with van der Waals surface area (Å²) >= 11 is 5.95. The maximum Gasteiger partial charge on any atom is 0.411 e. The number of amides is 1. The van der Waals surface area contributed by atoms with Gasteiger partial charge in [-0.15, -0.1) is 0 Å². The van der Waals surface area contributed by atoms with Gasteiger partial charge in [-0.25, -0.2) is 4.79 Å². The highest BCUT2D eigenvalue weighted by Crippen LogP contribution is 2.29. The summed E-state index contributed by atoms with van der Waals surface area (Å²) in [5.74, 6) is 0. The minimum Gasteiger partial charge on any atom is -0.449 e. The Balaban J connectivity index is 1.59. The number of nitrogens with zero attached hydrogens (tertiary/aromatic N) is 1. The summed E-state index contributed by atoms with van der Waals surface area (Å²) in [5.41, 5.74) is 2.66. The Bertz CT molecular complexity index is 718. The van der Waals surface area contributed by atoms with Crippen LogP contribution in [-0.2, 0) is 4.74 Å². The molecular weight excluding hydrogens is 336 g/mol. The molecule has 25 heavy (non-hydrogen) atoms. The molecule has 1 aliphatic heterocycles. The molecule has 1 saturated heterocycles. The van der Waals surface area contributed by atoms with E-state index in [1.165, 1.54) is 12.8 Å². The lowest BCUT2D eigenvalue weighted by Gasteiger charge is -2.19. The summed E-state index contributed by atoms with van der Waals surface area (Å²) in [7, 11) is 2.13. The van der Waals surface area contributed by atoms with Gasteiger partial charge in [-0.3, -0.25) is 5.32 Å². The molecule has 0 radical (unpaired) electrons. The Hall–Kier alpha value is -2.04. The average Bonchev–Trinajstić information content (AvgIpc) is 3.01. The molecule has 1 heterocycles. The van der Waals surface area contributed by atoms with E-state index in [-0.39, 0.29) is 0 Å². The highest BCUT2D eigenvalue weighted by atomic mass is 35.5. The van der Waals surface area contributed by atoms with Crippen molar-refractivity contribution < 1.29 is 9.53 Å². The van der Waals surface area contributed by atoms with Crippen molar-refractivity contribution in [2.75, 3.05) is 25.5 Å². The van der Waals surface area contributed by atoms with Crippen LogP contribution in [0.4, 0.5) is 10.5 Å². The topological polar surface area (TPSA) is 41.6 Å². The lowest BCUT2D eigenvalue weighted by Crippen LogP contribution is -2.27. The Labute approximate surface area is 153 Å². The lowest BCUT2D eigenvalue weighted by molar-refractivity contribution is 0.147. The van der Waals surface area contributed by atoms with E-state index < -0.39 is 6.09 Å². The summed E-state index contributed by atoms with van der Waals surface area (Å²) in [6.07, 6.45) is 2.87. The number of benzene rings is 2. The lowest BCUT2D eigenvalue weighted by atomic mass is 10.0. The second-order valence-corrected chi connectivity index (χ2v) is 6.82. The first-order valence-electron chi connectivity index (χ1n) is 8.62. The average molecular weight is 359 g/mol. The van der Waals surface area contributed by atoms with Crippen molar-refractivity contribution in [3.8, 4) is 11.1 Å². The van der Waals surface area contributed by atoms with Crippen LogP contribution >= 0.6 is 11.6 Å². The first-order chi connectivity index (χ1) is 12.1. The van der Waals surface area contributed by atoms with Gasteiger partial charge in [0.2, 0.25) is 0 Å². The molecule has 3 rings (SSSR count). The zero-order chi connectivity index (χ0) is 17.6. The van der Waals surface area contributed by atoms with E-state index >= 15 is 0 Å². The molecule has 132 valence electrons. The van der Waals surface area contributed by atoms with Crippen molar-refractivity contribution in [1.29, 1.82) is 0 Å². The van der Waals surface area contributed by atoms with Crippen LogP contribution in [0.5, 0.6) is 0 Å². The van der Waals surface area contributed by atoms with Crippen molar-refractivity contribution in [3.63, 3.8) is 0 Å². The van der Waals surface area contributed by atoms with Gasteiger partial charge in [0.15, 0.2) is 0 Å². The SMILES string of the molecule is CN1CCCC1CCOC(=O)Nc1ccccc1-c1ccc(Cl)cc1. The molecule has 5 heteroatoms.